The van der Waals surface area contributed by atoms with Crippen molar-refractivity contribution in [3.63, 3.8) is 0 Å². The Balaban J connectivity index is 3.14. The molecule has 0 spiro atoms. The normalized spacial score (nSPS) is 7.83. The molecule has 0 atom stereocenters. The molecule has 0 aliphatic heterocycles. The largest absolute Gasteiger partial charge is 0.0652 e. The summed E-state index contributed by atoms with van der Waals surface area (Å²) < 4.78 is 1.35. The molecule has 0 radical (unpaired) electrons. The number of hydrogen-bond donors (Lipinski definition) is 0. The van der Waals surface area contributed by atoms with Crippen molar-refractivity contribution in [2.45, 2.75) is 13.3 Å². The summed E-state index contributed by atoms with van der Waals surface area (Å²) in [6.45, 7) is 2.14. The van der Waals surface area contributed by atoms with Crippen LogP contribution in [0.1, 0.15) is 13.3 Å². The lowest BCUT2D eigenvalue weighted by molar-refractivity contribution is 1.23. The van der Waals surface area contributed by atoms with Gasteiger partial charge < -0.3 is 0 Å². The van der Waals surface area contributed by atoms with E-state index in [4.69, 9.17) is 0 Å². The summed E-state index contributed by atoms with van der Waals surface area (Å²) >= 11 is 4.58. The fourth-order valence-electron chi connectivity index (χ4n) is 0.154. The first kappa shape index (κ1) is 7.20. The molecule has 0 N–H and O–H groups in total. The van der Waals surface area contributed by atoms with Gasteiger partial charge in [-0.3, -0.25) is 0 Å². The van der Waals surface area contributed by atoms with Gasteiger partial charge in [0.2, 0.25) is 0 Å². The molecule has 0 heterocycles. The van der Waals surface area contributed by atoms with Gasteiger partial charge in [0.25, 0.3) is 0 Å². The molecule has 0 amide bonds. The van der Waals surface area contributed by atoms with E-state index in [2.05, 4.69) is 58.2 Å². The number of halogens is 2. The van der Waals surface area contributed by atoms with E-state index >= 15 is 0 Å². The Hall–Kier alpha value is 1.20. The Morgan fingerprint density at radius 1 is 1.67 bits per heavy atom. The number of rotatable bonds is 1. The van der Waals surface area contributed by atoms with Crippen LogP contribution < -0.4 is 0 Å². The summed E-state index contributed by atoms with van der Waals surface area (Å²) in [6.07, 6.45) is 3.34. The maximum absolute atomic E-state index is 2.29. The minimum atomic E-state index is 1.15. The van der Waals surface area contributed by atoms with E-state index in [0.29, 0.717) is 0 Å². The van der Waals surface area contributed by atoms with Crippen molar-refractivity contribution < 1.29 is 0 Å². The van der Waals surface area contributed by atoms with Gasteiger partial charge in [0.15, 0.2) is 0 Å². The quantitative estimate of drug-likeness (QED) is 0.653. The van der Waals surface area contributed by atoms with Gasteiger partial charge >= 0.3 is 0 Å². The summed E-state index contributed by atoms with van der Waals surface area (Å²) in [5.74, 6) is 0. The molecule has 36 valence electrons. The third-order valence-electron chi connectivity index (χ3n) is 0.358. The van der Waals surface area contributed by atoms with Crippen LogP contribution in [-0.4, -0.2) is 0 Å². The predicted octanol–water partition coefficient (Wildman–Crippen LogP) is 3.11. The van der Waals surface area contributed by atoms with Crippen molar-refractivity contribution in [3.05, 3.63) is 7.66 Å². The Morgan fingerprint density at radius 2 is 2.17 bits per heavy atom. The predicted molar refractivity (Wildman–Crippen MR) is 46.4 cm³/mol. The third kappa shape index (κ3) is 5.20. The maximum Gasteiger partial charge on any atom is 0.0474 e. The zero-order valence-electron chi connectivity index (χ0n) is 3.54. The fourth-order valence-corrected chi connectivity index (χ4v) is 1.04. The lowest BCUT2D eigenvalue weighted by Crippen LogP contribution is -1.48. The van der Waals surface area contributed by atoms with Gasteiger partial charge in [-0.15, -0.1) is 0 Å². The second-order valence-electron chi connectivity index (χ2n) is 0.902. The standard InChI is InChI=1S/C4H6I2/c1-2-3-4(5)6/h3H,2H2,1H3. The smallest absolute Gasteiger partial charge is 0.0474 e. The van der Waals surface area contributed by atoms with Crippen LogP contribution in [0.4, 0.5) is 0 Å². The van der Waals surface area contributed by atoms with E-state index in [1.54, 1.807) is 0 Å². The molecule has 0 aliphatic rings. The van der Waals surface area contributed by atoms with E-state index < -0.39 is 0 Å². The highest BCUT2D eigenvalue weighted by Crippen LogP contribution is 2.14. The monoisotopic (exact) mass is 308 g/mol. The highest BCUT2D eigenvalue weighted by atomic mass is 127. The van der Waals surface area contributed by atoms with Crippen LogP contribution >= 0.6 is 45.2 Å². The van der Waals surface area contributed by atoms with Gasteiger partial charge in [-0.05, 0) is 51.6 Å². The molecule has 0 rings (SSSR count). The minimum Gasteiger partial charge on any atom is -0.0652 e. The molecule has 0 saturated heterocycles. The fraction of sp³-hybridized carbons (Fsp3) is 0.500. The van der Waals surface area contributed by atoms with E-state index in [-0.39, 0.29) is 0 Å². The first-order valence-corrected chi connectivity index (χ1v) is 3.94. The van der Waals surface area contributed by atoms with Crippen molar-refractivity contribution in [2.75, 3.05) is 0 Å². The van der Waals surface area contributed by atoms with Crippen molar-refractivity contribution in [3.8, 4) is 0 Å². The number of allylic oxidation sites excluding steroid dienone is 1. The average molecular weight is 308 g/mol. The topological polar surface area (TPSA) is 0 Å². The van der Waals surface area contributed by atoms with Crippen LogP contribution in [0.5, 0.6) is 0 Å². The Kier molecular flexibility index (Phi) is 5.23. The molecule has 0 saturated carbocycles. The Labute approximate surface area is 65.7 Å². The first-order valence-electron chi connectivity index (χ1n) is 1.78. The molecular formula is C4H6I2. The summed E-state index contributed by atoms with van der Waals surface area (Å²) in [7, 11) is 0. The van der Waals surface area contributed by atoms with Crippen LogP contribution in [0.15, 0.2) is 7.66 Å². The highest BCUT2D eigenvalue weighted by molar-refractivity contribution is 14.2. The zero-order valence-corrected chi connectivity index (χ0v) is 7.86. The van der Waals surface area contributed by atoms with Crippen LogP contribution in [0.3, 0.4) is 0 Å². The number of hydrogen-bond acceptors (Lipinski definition) is 0. The summed E-state index contributed by atoms with van der Waals surface area (Å²) in [4.78, 5) is 0. The molecular weight excluding hydrogens is 302 g/mol. The van der Waals surface area contributed by atoms with Gasteiger partial charge in [-0.25, -0.2) is 0 Å². The van der Waals surface area contributed by atoms with E-state index in [9.17, 15) is 0 Å². The molecule has 0 aromatic rings. The van der Waals surface area contributed by atoms with Crippen molar-refractivity contribution >= 4 is 45.2 Å². The van der Waals surface area contributed by atoms with Gasteiger partial charge in [-0.2, -0.15) is 0 Å². The van der Waals surface area contributed by atoms with Gasteiger partial charge in [0, 0.05) is 1.59 Å². The summed E-state index contributed by atoms with van der Waals surface area (Å²) in [5, 5.41) is 0. The summed E-state index contributed by atoms with van der Waals surface area (Å²) in [5.41, 5.74) is 0. The van der Waals surface area contributed by atoms with Gasteiger partial charge in [0.1, 0.15) is 0 Å². The molecule has 0 bridgehead atoms. The lowest BCUT2D eigenvalue weighted by Gasteiger charge is -1.75. The minimum absolute atomic E-state index is 1.15. The second kappa shape index (κ2) is 4.36. The van der Waals surface area contributed by atoms with E-state index in [1.807, 2.05) is 0 Å². The van der Waals surface area contributed by atoms with Crippen molar-refractivity contribution in [2.24, 2.45) is 0 Å². The van der Waals surface area contributed by atoms with Gasteiger partial charge in [-0.1, -0.05) is 13.0 Å². The van der Waals surface area contributed by atoms with Crippen LogP contribution in [-0.2, 0) is 0 Å². The zero-order chi connectivity index (χ0) is 4.99. The van der Waals surface area contributed by atoms with E-state index in [0.717, 1.165) is 6.42 Å². The van der Waals surface area contributed by atoms with E-state index in [1.165, 1.54) is 1.59 Å². The third-order valence-corrected chi connectivity index (χ3v) is 1.24. The summed E-state index contributed by atoms with van der Waals surface area (Å²) in [6, 6.07) is 0. The molecule has 0 aromatic heterocycles. The molecule has 6 heavy (non-hydrogen) atoms. The van der Waals surface area contributed by atoms with Gasteiger partial charge in [0.05, 0.1) is 0 Å². The molecule has 2 heteroatoms. The first-order chi connectivity index (χ1) is 2.77. The van der Waals surface area contributed by atoms with Crippen LogP contribution in [0.2, 0.25) is 0 Å². The van der Waals surface area contributed by atoms with Crippen LogP contribution in [0.25, 0.3) is 0 Å². The SMILES string of the molecule is CCC=C(I)I. The molecule has 0 aliphatic carbocycles. The lowest BCUT2D eigenvalue weighted by atomic mass is 10.5. The molecule has 0 fully saturated rings. The highest BCUT2D eigenvalue weighted by Gasteiger charge is 1.72. The average Bonchev–Trinajstić information content (AvgIpc) is 1.35. The molecule has 0 aromatic carbocycles. The molecule has 0 unspecified atom stereocenters. The van der Waals surface area contributed by atoms with Crippen molar-refractivity contribution in [1.82, 2.24) is 0 Å². The second-order valence-corrected chi connectivity index (χ2v) is 5.29. The Bertz CT molecular complexity index is 52.6. The Morgan fingerprint density at radius 3 is 2.17 bits per heavy atom. The van der Waals surface area contributed by atoms with Crippen molar-refractivity contribution in [1.29, 1.82) is 0 Å². The van der Waals surface area contributed by atoms with Crippen LogP contribution in [0, 0.1) is 0 Å². The molecule has 0 nitrogen and oxygen atoms in total. The maximum atomic E-state index is 2.29.